The summed E-state index contributed by atoms with van der Waals surface area (Å²) >= 11 is 0. The first kappa shape index (κ1) is 12.3. The Morgan fingerprint density at radius 2 is 2.00 bits per heavy atom. The predicted octanol–water partition coefficient (Wildman–Crippen LogP) is 2.40. The van der Waals surface area contributed by atoms with Gasteiger partial charge in [-0.25, -0.2) is 14.5 Å². The Morgan fingerprint density at radius 3 is 2.56 bits per heavy atom. The van der Waals surface area contributed by atoms with Crippen molar-refractivity contribution in [3.05, 3.63) is 41.5 Å². The molecule has 0 radical (unpaired) electrons. The van der Waals surface area contributed by atoms with E-state index < -0.39 is 5.97 Å². The Labute approximate surface area is 105 Å². The molecule has 0 aliphatic heterocycles. The van der Waals surface area contributed by atoms with Crippen LogP contribution in [0.1, 0.15) is 41.8 Å². The Balaban J connectivity index is 2.58. The molecule has 1 heterocycles. The number of aromatic nitrogens is 3. The lowest BCUT2D eigenvalue weighted by Gasteiger charge is -2.12. The minimum absolute atomic E-state index is 0.175. The number of hydrogen-bond donors (Lipinski definition) is 1. The molecule has 2 rings (SSSR count). The maximum atomic E-state index is 10.9. The van der Waals surface area contributed by atoms with Gasteiger partial charge in [0.25, 0.3) is 5.82 Å². The molecule has 0 spiro atoms. The van der Waals surface area contributed by atoms with Crippen LogP contribution >= 0.6 is 0 Å². The molecule has 1 aromatic heterocycles. The summed E-state index contributed by atoms with van der Waals surface area (Å²) in [4.78, 5) is 14.8. The number of carboxylic acids is 1. The first-order valence-corrected chi connectivity index (χ1v) is 5.77. The molecule has 0 fully saturated rings. The summed E-state index contributed by atoms with van der Waals surface area (Å²) in [7, 11) is 0. The normalized spacial score (nSPS) is 10.9. The lowest BCUT2D eigenvalue weighted by Crippen LogP contribution is -2.06. The molecule has 2 aromatic rings. The van der Waals surface area contributed by atoms with Gasteiger partial charge in [0, 0.05) is 0 Å². The molecule has 94 valence electrons. The van der Waals surface area contributed by atoms with E-state index in [4.69, 9.17) is 5.11 Å². The van der Waals surface area contributed by atoms with Gasteiger partial charge in [0.05, 0.1) is 5.69 Å². The van der Waals surface area contributed by atoms with Gasteiger partial charge in [-0.2, -0.15) is 0 Å². The molecular formula is C13H15N3O2. The third-order valence-corrected chi connectivity index (χ3v) is 2.75. The van der Waals surface area contributed by atoms with Crippen molar-refractivity contribution in [1.82, 2.24) is 14.8 Å². The largest absolute Gasteiger partial charge is 0.475 e. The van der Waals surface area contributed by atoms with Gasteiger partial charge < -0.3 is 5.11 Å². The summed E-state index contributed by atoms with van der Waals surface area (Å²) in [6.07, 6.45) is 0. The third kappa shape index (κ3) is 2.11. The van der Waals surface area contributed by atoms with Crippen LogP contribution in [0.3, 0.4) is 0 Å². The van der Waals surface area contributed by atoms with Crippen LogP contribution in [0.15, 0.2) is 24.3 Å². The highest BCUT2D eigenvalue weighted by atomic mass is 16.4. The first-order chi connectivity index (χ1) is 8.50. The van der Waals surface area contributed by atoms with Crippen LogP contribution in [-0.4, -0.2) is 25.8 Å². The zero-order chi connectivity index (χ0) is 13.3. The fourth-order valence-corrected chi connectivity index (χ4v) is 1.88. The molecule has 0 amide bonds. The molecule has 0 saturated heterocycles. The number of rotatable bonds is 3. The fraction of sp³-hybridized carbons (Fsp3) is 0.308. The van der Waals surface area contributed by atoms with Crippen LogP contribution in [0.2, 0.25) is 0 Å². The number of para-hydroxylation sites is 1. The van der Waals surface area contributed by atoms with Crippen molar-refractivity contribution in [3.63, 3.8) is 0 Å². The fourth-order valence-electron chi connectivity index (χ4n) is 1.88. The maximum Gasteiger partial charge on any atom is 0.375 e. The van der Waals surface area contributed by atoms with E-state index in [0.29, 0.717) is 11.7 Å². The van der Waals surface area contributed by atoms with Crippen molar-refractivity contribution in [2.24, 2.45) is 0 Å². The van der Waals surface area contributed by atoms with Crippen molar-refractivity contribution in [2.75, 3.05) is 0 Å². The van der Waals surface area contributed by atoms with Crippen LogP contribution < -0.4 is 0 Å². The number of benzene rings is 1. The van der Waals surface area contributed by atoms with Gasteiger partial charge in [0.1, 0.15) is 5.82 Å². The second-order valence-corrected chi connectivity index (χ2v) is 4.41. The molecule has 5 heteroatoms. The van der Waals surface area contributed by atoms with Gasteiger partial charge in [0.15, 0.2) is 0 Å². The average molecular weight is 245 g/mol. The van der Waals surface area contributed by atoms with E-state index in [0.717, 1.165) is 11.3 Å². The number of aryl methyl sites for hydroxylation is 1. The Hall–Kier alpha value is -2.17. The molecule has 0 aliphatic carbocycles. The Morgan fingerprint density at radius 1 is 1.33 bits per heavy atom. The molecule has 0 atom stereocenters. The SMILES string of the molecule is Cc1nc(C(=O)O)nn1-c1ccccc1C(C)C. The van der Waals surface area contributed by atoms with Gasteiger partial charge >= 0.3 is 5.97 Å². The van der Waals surface area contributed by atoms with Gasteiger partial charge in [0.2, 0.25) is 0 Å². The van der Waals surface area contributed by atoms with E-state index in [-0.39, 0.29) is 5.82 Å². The Bertz CT molecular complexity index is 588. The molecule has 0 aliphatic rings. The van der Waals surface area contributed by atoms with E-state index in [9.17, 15) is 4.79 Å². The minimum Gasteiger partial charge on any atom is -0.475 e. The maximum absolute atomic E-state index is 10.9. The molecular weight excluding hydrogens is 230 g/mol. The summed E-state index contributed by atoms with van der Waals surface area (Å²) in [5.74, 6) is -0.386. The van der Waals surface area contributed by atoms with Crippen molar-refractivity contribution >= 4 is 5.97 Å². The summed E-state index contributed by atoms with van der Waals surface area (Å²) in [5.41, 5.74) is 1.99. The van der Waals surface area contributed by atoms with Crippen molar-refractivity contribution in [2.45, 2.75) is 26.7 Å². The molecule has 0 bridgehead atoms. The van der Waals surface area contributed by atoms with Crippen molar-refractivity contribution < 1.29 is 9.90 Å². The van der Waals surface area contributed by atoms with Gasteiger partial charge in [-0.15, -0.1) is 5.10 Å². The van der Waals surface area contributed by atoms with E-state index in [1.165, 1.54) is 0 Å². The quantitative estimate of drug-likeness (QED) is 0.901. The lowest BCUT2D eigenvalue weighted by molar-refractivity contribution is 0.0683. The van der Waals surface area contributed by atoms with E-state index in [2.05, 4.69) is 23.9 Å². The van der Waals surface area contributed by atoms with Crippen LogP contribution in [0, 0.1) is 6.92 Å². The van der Waals surface area contributed by atoms with Crippen LogP contribution in [0.5, 0.6) is 0 Å². The van der Waals surface area contributed by atoms with Gasteiger partial charge in [-0.3, -0.25) is 0 Å². The van der Waals surface area contributed by atoms with Crippen LogP contribution in [0.4, 0.5) is 0 Å². The smallest absolute Gasteiger partial charge is 0.375 e. The van der Waals surface area contributed by atoms with E-state index in [1.807, 2.05) is 24.3 Å². The average Bonchev–Trinajstić information content (AvgIpc) is 2.71. The van der Waals surface area contributed by atoms with Crippen molar-refractivity contribution in [3.8, 4) is 5.69 Å². The topological polar surface area (TPSA) is 68.0 Å². The number of nitrogens with zero attached hydrogens (tertiary/aromatic N) is 3. The van der Waals surface area contributed by atoms with Crippen molar-refractivity contribution in [1.29, 1.82) is 0 Å². The molecule has 1 aromatic carbocycles. The lowest BCUT2D eigenvalue weighted by atomic mass is 10.0. The second-order valence-electron chi connectivity index (χ2n) is 4.41. The number of aromatic carboxylic acids is 1. The molecule has 1 N–H and O–H groups in total. The zero-order valence-corrected chi connectivity index (χ0v) is 10.6. The third-order valence-electron chi connectivity index (χ3n) is 2.75. The van der Waals surface area contributed by atoms with Gasteiger partial charge in [-0.1, -0.05) is 32.0 Å². The summed E-state index contributed by atoms with van der Waals surface area (Å²) in [6.45, 7) is 5.92. The van der Waals surface area contributed by atoms with Crippen LogP contribution in [-0.2, 0) is 0 Å². The molecule has 5 nitrogen and oxygen atoms in total. The summed E-state index contributed by atoms with van der Waals surface area (Å²) in [5, 5.41) is 12.9. The highest BCUT2D eigenvalue weighted by molar-refractivity contribution is 5.83. The standard InChI is InChI=1S/C13H15N3O2/c1-8(2)10-6-4-5-7-11(10)16-9(3)14-12(15-16)13(17)18/h4-8H,1-3H3,(H,17,18). The number of carbonyl (C=O) groups is 1. The molecule has 18 heavy (non-hydrogen) atoms. The second kappa shape index (κ2) is 4.60. The summed E-state index contributed by atoms with van der Waals surface area (Å²) < 4.78 is 1.58. The molecule has 0 saturated carbocycles. The van der Waals surface area contributed by atoms with E-state index >= 15 is 0 Å². The number of hydrogen-bond acceptors (Lipinski definition) is 3. The zero-order valence-electron chi connectivity index (χ0n) is 10.6. The highest BCUT2D eigenvalue weighted by Crippen LogP contribution is 2.23. The summed E-state index contributed by atoms with van der Waals surface area (Å²) in [6, 6.07) is 7.80. The highest BCUT2D eigenvalue weighted by Gasteiger charge is 2.16. The first-order valence-electron chi connectivity index (χ1n) is 5.77. The minimum atomic E-state index is -1.11. The van der Waals surface area contributed by atoms with Gasteiger partial charge in [-0.05, 0) is 24.5 Å². The molecule has 0 unspecified atom stereocenters. The number of carboxylic acid groups (broad SMARTS) is 1. The van der Waals surface area contributed by atoms with Crippen LogP contribution in [0.25, 0.3) is 5.69 Å². The van der Waals surface area contributed by atoms with E-state index in [1.54, 1.807) is 11.6 Å². The Kier molecular flexibility index (Phi) is 3.14. The monoisotopic (exact) mass is 245 g/mol. The predicted molar refractivity (Wildman–Crippen MR) is 67.1 cm³/mol.